The van der Waals surface area contributed by atoms with Gasteiger partial charge >= 0.3 is 0 Å². The van der Waals surface area contributed by atoms with E-state index in [-0.39, 0.29) is 39.4 Å². The fraction of sp³-hybridized carbons (Fsp3) is 0.167. The number of amides is 1. The minimum absolute atomic E-state index is 0.0146. The Kier molecular flexibility index (Phi) is 4.56. The van der Waals surface area contributed by atoms with E-state index in [1.807, 2.05) is 12.1 Å². The van der Waals surface area contributed by atoms with Gasteiger partial charge in [0.25, 0.3) is 0 Å². The second kappa shape index (κ2) is 6.56. The van der Waals surface area contributed by atoms with E-state index in [1.54, 1.807) is 6.92 Å². The molecule has 0 unspecified atom stereocenters. The molecule has 2 aromatic heterocycles. The topological polar surface area (TPSA) is 155 Å². The summed E-state index contributed by atoms with van der Waals surface area (Å²) in [5, 5.41) is 27.8. The van der Waals surface area contributed by atoms with Crippen molar-refractivity contribution in [1.29, 1.82) is 10.5 Å². The van der Waals surface area contributed by atoms with Crippen molar-refractivity contribution in [3.8, 4) is 12.1 Å². The number of hydrogen-bond donors (Lipinski definition) is 2. The fourth-order valence-electron chi connectivity index (χ4n) is 1.44. The van der Waals surface area contributed by atoms with Crippen molar-refractivity contribution in [2.75, 3.05) is 16.8 Å². The number of anilines is 2. The van der Waals surface area contributed by atoms with Gasteiger partial charge in [0, 0.05) is 0 Å². The summed E-state index contributed by atoms with van der Waals surface area (Å²) in [6.07, 6.45) is 0. The molecular weight excluding hydrogens is 306 g/mol. The molecule has 0 aliphatic carbocycles. The third-order valence-electron chi connectivity index (χ3n) is 2.51. The monoisotopic (exact) mass is 315 g/mol. The lowest BCUT2D eigenvalue weighted by atomic mass is 10.2. The number of nitrogens with zero attached hydrogens (tertiary/aromatic N) is 5. The first-order chi connectivity index (χ1) is 10.5. The zero-order valence-corrected chi connectivity index (χ0v) is 12.1. The number of nitrogens with one attached hydrogen (secondary N) is 1. The Hall–Kier alpha value is -3.11. The Morgan fingerprint density at radius 2 is 2.14 bits per heavy atom. The zero-order valence-electron chi connectivity index (χ0n) is 11.3. The maximum absolute atomic E-state index is 11.8. The Balaban J connectivity index is 2.07. The van der Waals surface area contributed by atoms with E-state index < -0.39 is 0 Å². The van der Waals surface area contributed by atoms with Gasteiger partial charge in [-0.05, 0) is 18.1 Å². The van der Waals surface area contributed by atoms with Crippen LogP contribution < -0.4 is 11.1 Å². The maximum atomic E-state index is 11.8. The lowest BCUT2D eigenvalue weighted by molar-refractivity contribution is -0.113. The highest BCUT2D eigenvalue weighted by Crippen LogP contribution is 2.24. The van der Waals surface area contributed by atoms with Crippen LogP contribution in [0.1, 0.15) is 16.8 Å². The molecule has 0 spiro atoms. The Morgan fingerprint density at radius 1 is 1.41 bits per heavy atom. The average molecular weight is 315 g/mol. The molecule has 10 heteroatoms. The van der Waals surface area contributed by atoms with Crippen molar-refractivity contribution >= 4 is 29.3 Å². The lowest BCUT2D eigenvalue weighted by Gasteiger charge is -2.05. The summed E-state index contributed by atoms with van der Waals surface area (Å²) in [6, 6.07) is 5.10. The summed E-state index contributed by atoms with van der Waals surface area (Å²) in [4.78, 5) is 15.8. The van der Waals surface area contributed by atoms with Gasteiger partial charge in [0.05, 0.1) is 16.9 Å². The minimum Gasteiger partial charge on any atom is -0.383 e. The number of pyridine rings is 1. The number of carbonyl (C=O) groups excluding carboxylic acids is 1. The number of nitrogen functional groups attached to an aromatic ring is 1. The summed E-state index contributed by atoms with van der Waals surface area (Å²) in [6.45, 7) is 1.63. The van der Waals surface area contributed by atoms with Gasteiger partial charge < -0.3 is 11.1 Å². The van der Waals surface area contributed by atoms with Gasteiger partial charge in [0.2, 0.25) is 5.91 Å². The fourth-order valence-corrected chi connectivity index (χ4v) is 2.20. The molecule has 0 atom stereocenters. The predicted octanol–water partition coefficient (Wildman–Crippen LogP) is 0.829. The normalized spacial score (nSPS) is 9.77. The number of aromatic nitrogens is 3. The van der Waals surface area contributed by atoms with E-state index >= 15 is 0 Å². The minimum atomic E-state index is -0.363. The Morgan fingerprint density at radius 3 is 2.73 bits per heavy atom. The number of aryl methyl sites for hydroxylation is 1. The molecule has 2 rings (SSSR count). The zero-order chi connectivity index (χ0) is 16.1. The van der Waals surface area contributed by atoms with Crippen molar-refractivity contribution in [2.24, 2.45) is 0 Å². The predicted molar refractivity (Wildman–Crippen MR) is 76.5 cm³/mol. The van der Waals surface area contributed by atoms with Crippen LogP contribution in [-0.4, -0.2) is 27.0 Å². The highest BCUT2D eigenvalue weighted by molar-refractivity contribution is 8.00. The van der Waals surface area contributed by atoms with Crippen molar-refractivity contribution < 1.29 is 9.42 Å². The Labute approximate surface area is 129 Å². The summed E-state index contributed by atoms with van der Waals surface area (Å²) >= 11 is 1.03. The van der Waals surface area contributed by atoms with Crippen molar-refractivity contribution in [2.45, 2.75) is 11.9 Å². The summed E-state index contributed by atoms with van der Waals surface area (Å²) in [7, 11) is 0. The van der Waals surface area contributed by atoms with Crippen LogP contribution in [0.25, 0.3) is 0 Å². The van der Waals surface area contributed by atoms with Gasteiger partial charge in [-0.3, -0.25) is 4.79 Å². The van der Waals surface area contributed by atoms with Crippen molar-refractivity contribution in [3.05, 3.63) is 22.9 Å². The Bertz CT molecular complexity index is 803. The third-order valence-corrected chi connectivity index (χ3v) is 3.50. The van der Waals surface area contributed by atoms with E-state index in [0.717, 1.165) is 11.8 Å². The lowest BCUT2D eigenvalue weighted by Crippen LogP contribution is -2.15. The van der Waals surface area contributed by atoms with Crippen LogP contribution in [0.4, 0.5) is 11.6 Å². The number of hydrogen-bond acceptors (Lipinski definition) is 9. The molecule has 110 valence electrons. The van der Waals surface area contributed by atoms with Gasteiger partial charge in [0.15, 0.2) is 5.82 Å². The second-order valence-electron chi connectivity index (χ2n) is 4.03. The number of thioether (sulfide) groups is 1. The summed E-state index contributed by atoms with van der Waals surface area (Å²) in [5.41, 5.74) is 6.36. The molecule has 2 aromatic rings. The van der Waals surface area contributed by atoms with Gasteiger partial charge in [-0.1, -0.05) is 16.9 Å². The van der Waals surface area contributed by atoms with E-state index in [9.17, 15) is 4.79 Å². The number of nitrogens with two attached hydrogens (primary N) is 1. The first kappa shape index (κ1) is 15.3. The van der Waals surface area contributed by atoms with Gasteiger partial charge in [-0.15, -0.1) is 0 Å². The molecule has 0 aliphatic heterocycles. The molecule has 22 heavy (non-hydrogen) atoms. The molecule has 0 aromatic carbocycles. The number of nitriles is 2. The quantitative estimate of drug-likeness (QED) is 0.780. The van der Waals surface area contributed by atoms with Gasteiger partial charge in [-0.25, -0.2) is 9.61 Å². The third kappa shape index (κ3) is 3.31. The standard InChI is InChI=1S/C12H9N7O2S/c1-6-11(19-21-18-6)16-9(20)5-22-12-8(4-14)2-7(3-13)10(15)17-12/h2H,5H2,1H3,(H2,15,17)(H,16,19,20). The number of rotatable bonds is 4. The van der Waals surface area contributed by atoms with Gasteiger partial charge in [-0.2, -0.15) is 10.5 Å². The molecule has 3 N–H and O–H groups in total. The molecule has 0 saturated heterocycles. The average Bonchev–Trinajstić information content (AvgIpc) is 2.90. The van der Waals surface area contributed by atoms with Crippen molar-refractivity contribution in [1.82, 2.24) is 15.3 Å². The highest BCUT2D eigenvalue weighted by atomic mass is 32.2. The molecule has 0 aliphatic rings. The molecule has 0 bridgehead atoms. The largest absolute Gasteiger partial charge is 0.383 e. The van der Waals surface area contributed by atoms with E-state index in [1.165, 1.54) is 6.07 Å². The van der Waals surface area contributed by atoms with E-state index in [0.29, 0.717) is 5.69 Å². The van der Waals surface area contributed by atoms with Crippen LogP contribution in [0, 0.1) is 29.6 Å². The van der Waals surface area contributed by atoms with Crippen LogP contribution in [0.5, 0.6) is 0 Å². The molecule has 0 radical (unpaired) electrons. The number of carbonyl (C=O) groups is 1. The highest BCUT2D eigenvalue weighted by Gasteiger charge is 2.14. The maximum Gasteiger partial charge on any atom is 0.236 e. The van der Waals surface area contributed by atoms with Crippen LogP contribution in [0.2, 0.25) is 0 Å². The molecule has 0 fully saturated rings. The first-order valence-electron chi connectivity index (χ1n) is 5.87. The van der Waals surface area contributed by atoms with E-state index in [2.05, 4.69) is 25.2 Å². The molecular formula is C12H9N7O2S. The van der Waals surface area contributed by atoms with E-state index in [4.69, 9.17) is 16.3 Å². The van der Waals surface area contributed by atoms with Gasteiger partial charge in [0.1, 0.15) is 28.7 Å². The summed E-state index contributed by atoms with van der Waals surface area (Å²) in [5.74, 6) is -0.129. The molecule has 1 amide bonds. The molecule has 2 heterocycles. The van der Waals surface area contributed by atoms with Crippen LogP contribution >= 0.6 is 11.8 Å². The second-order valence-corrected chi connectivity index (χ2v) is 5.00. The van der Waals surface area contributed by atoms with Crippen LogP contribution in [-0.2, 0) is 4.79 Å². The molecule has 0 saturated carbocycles. The summed E-state index contributed by atoms with van der Waals surface area (Å²) < 4.78 is 4.46. The first-order valence-corrected chi connectivity index (χ1v) is 6.86. The molecule has 9 nitrogen and oxygen atoms in total. The smallest absolute Gasteiger partial charge is 0.236 e. The van der Waals surface area contributed by atoms with Crippen LogP contribution in [0.3, 0.4) is 0 Å². The van der Waals surface area contributed by atoms with Crippen molar-refractivity contribution in [3.63, 3.8) is 0 Å². The van der Waals surface area contributed by atoms with Crippen LogP contribution in [0.15, 0.2) is 15.7 Å². The SMILES string of the molecule is Cc1nonc1NC(=O)CSc1nc(N)c(C#N)cc1C#N.